The minimum atomic E-state index is -0.240. The van der Waals surface area contributed by atoms with Gasteiger partial charge in [0.1, 0.15) is 5.82 Å². The van der Waals surface area contributed by atoms with Crippen LogP contribution in [-0.2, 0) is 13.1 Å². The van der Waals surface area contributed by atoms with Crippen LogP contribution in [-0.4, -0.2) is 24.6 Å². The molecule has 29 heavy (non-hydrogen) atoms. The smallest absolute Gasteiger partial charge is 0.319 e. The monoisotopic (exact) mass is 513 g/mol. The molecule has 0 aliphatic carbocycles. The van der Waals surface area contributed by atoms with Crippen LogP contribution in [0.2, 0.25) is 0 Å². The maximum absolute atomic E-state index is 13.7. The van der Waals surface area contributed by atoms with Crippen molar-refractivity contribution in [1.82, 2.24) is 16.0 Å². The van der Waals surface area contributed by atoms with Crippen LogP contribution in [0, 0.1) is 5.82 Å². The molecule has 0 radical (unpaired) electrons. The molecular weight excluding hydrogens is 484 g/mol. The summed E-state index contributed by atoms with van der Waals surface area (Å²) in [5.74, 6) is 0.375. The van der Waals surface area contributed by atoms with Crippen molar-refractivity contribution in [2.75, 3.05) is 11.9 Å². The fraction of sp³-hybridized carbons (Fsp3) is 0.333. The summed E-state index contributed by atoms with van der Waals surface area (Å²) in [5, 5.41) is 11.8. The van der Waals surface area contributed by atoms with Crippen LogP contribution in [0.1, 0.15) is 31.9 Å². The number of nitrogens with zero attached hydrogens (tertiary/aromatic N) is 1. The molecule has 0 aliphatic heterocycles. The summed E-state index contributed by atoms with van der Waals surface area (Å²) in [7, 11) is 0. The van der Waals surface area contributed by atoms with Gasteiger partial charge in [-0.25, -0.2) is 14.2 Å². The number of halogens is 2. The lowest BCUT2D eigenvalue weighted by Gasteiger charge is -2.12. The number of nitrogens with one attached hydrogen (secondary N) is 4. The highest BCUT2D eigenvalue weighted by Gasteiger charge is 2.04. The van der Waals surface area contributed by atoms with E-state index in [-0.39, 0.29) is 41.9 Å². The van der Waals surface area contributed by atoms with Crippen LogP contribution < -0.4 is 21.3 Å². The van der Waals surface area contributed by atoms with Gasteiger partial charge in [0.25, 0.3) is 0 Å². The fourth-order valence-electron chi connectivity index (χ4n) is 2.46. The van der Waals surface area contributed by atoms with Gasteiger partial charge in [0.2, 0.25) is 0 Å². The number of amides is 2. The number of carbonyl (C=O) groups excluding carboxylic acids is 1. The zero-order valence-electron chi connectivity index (χ0n) is 17.0. The van der Waals surface area contributed by atoms with Crippen LogP contribution in [0.25, 0.3) is 0 Å². The third-order valence-corrected chi connectivity index (χ3v) is 3.80. The van der Waals surface area contributed by atoms with Crippen LogP contribution in [0.4, 0.5) is 14.9 Å². The molecule has 2 aromatic rings. The zero-order valence-corrected chi connectivity index (χ0v) is 19.3. The Morgan fingerprint density at radius 3 is 2.38 bits per heavy atom. The molecule has 0 fully saturated rings. The molecule has 158 valence electrons. The lowest BCUT2D eigenvalue weighted by Crippen LogP contribution is -2.37. The number of aliphatic imine (C=N–C) groups is 1. The Morgan fingerprint density at radius 1 is 1.07 bits per heavy atom. The number of urea groups is 1. The summed E-state index contributed by atoms with van der Waals surface area (Å²) in [6.07, 6.45) is 0. The lowest BCUT2D eigenvalue weighted by atomic mass is 10.2. The summed E-state index contributed by atoms with van der Waals surface area (Å²) in [6, 6.07) is 14.0. The van der Waals surface area contributed by atoms with Gasteiger partial charge in [0.15, 0.2) is 5.96 Å². The minimum absolute atomic E-state index is 0. The molecule has 0 unspecified atom stereocenters. The van der Waals surface area contributed by atoms with Gasteiger partial charge in [0.05, 0.1) is 6.54 Å². The Labute approximate surface area is 188 Å². The summed E-state index contributed by atoms with van der Waals surface area (Å²) in [5.41, 5.74) is 2.30. The second-order valence-corrected chi connectivity index (χ2v) is 6.59. The Hall–Kier alpha value is -2.36. The largest absolute Gasteiger partial charge is 0.357 e. The maximum Gasteiger partial charge on any atom is 0.319 e. The van der Waals surface area contributed by atoms with Crippen molar-refractivity contribution in [2.45, 2.75) is 39.9 Å². The second-order valence-electron chi connectivity index (χ2n) is 6.59. The van der Waals surface area contributed by atoms with Crippen molar-refractivity contribution in [3.05, 3.63) is 65.5 Å². The summed E-state index contributed by atoms with van der Waals surface area (Å²) in [6.45, 7) is 7.31. The highest BCUT2D eigenvalue weighted by atomic mass is 127. The van der Waals surface area contributed by atoms with Crippen molar-refractivity contribution in [1.29, 1.82) is 0 Å². The fourth-order valence-corrected chi connectivity index (χ4v) is 2.46. The van der Waals surface area contributed by atoms with Crippen LogP contribution in [0.5, 0.6) is 0 Å². The third kappa shape index (κ3) is 9.12. The first-order valence-electron chi connectivity index (χ1n) is 9.40. The molecule has 2 aromatic carbocycles. The van der Waals surface area contributed by atoms with E-state index in [0.717, 1.165) is 11.3 Å². The van der Waals surface area contributed by atoms with Crippen molar-refractivity contribution < 1.29 is 9.18 Å². The van der Waals surface area contributed by atoms with Gasteiger partial charge in [-0.2, -0.15) is 0 Å². The van der Waals surface area contributed by atoms with Gasteiger partial charge in [-0.05, 0) is 44.5 Å². The average Bonchev–Trinajstić information content (AvgIpc) is 2.65. The van der Waals surface area contributed by atoms with E-state index in [1.165, 1.54) is 6.07 Å². The first-order valence-corrected chi connectivity index (χ1v) is 9.40. The first kappa shape index (κ1) is 24.7. The van der Waals surface area contributed by atoms with Gasteiger partial charge in [0, 0.05) is 30.4 Å². The SMILES string of the molecule is CCNC(=NCc1ccc(NC(=O)NC(C)C)cc1)NCc1ccccc1F.I. The standard InChI is InChI=1S/C21H28FN5O.HI/c1-4-23-20(25-14-17-7-5-6-8-19(17)22)24-13-16-9-11-18(12-10-16)27-21(28)26-15(2)3;/h5-12,15H,4,13-14H2,1-3H3,(H2,23,24,25)(H2,26,27,28);1H. The number of hydrogen-bond acceptors (Lipinski definition) is 2. The van der Waals surface area contributed by atoms with Gasteiger partial charge < -0.3 is 21.3 Å². The molecule has 8 heteroatoms. The molecule has 0 heterocycles. The molecule has 0 aliphatic rings. The van der Waals surface area contributed by atoms with Crippen molar-refractivity contribution in [3.8, 4) is 0 Å². The topological polar surface area (TPSA) is 77.5 Å². The van der Waals surface area contributed by atoms with Crippen LogP contribution in [0.15, 0.2) is 53.5 Å². The van der Waals surface area contributed by atoms with Gasteiger partial charge in [-0.1, -0.05) is 30.3 Å². The Balaban J connectivity index is 0.00000420. The predicted molar refractivity (Wildman–Crippen MR) is 127 cm³/mol. The molecule has 0 saturated carbocycles. The van der Waals surface area contributed by atoms with Gasteiger partial charge in [-0.3, -0.25) is 0 Å². The number of anilines is 1. The molecule has 0 atom stereocenters. The number of guanidine groups is 1. The van der Waals surface area contributed by atoms with E-state index in [4.69, 9.17) is 0 Å². The predicted octanol–water partition coefficient (Wildman–Crippen LogP) is 4.23. The summed E-state index contributed by atoms with van der Waals surface area (Å²) < 4.78 is 13.7. The number of carbonyl (C=O) groups is 1. The number of hydrogen-bond donors (Lipinski definition) is 4. The van der Waals surface area contributed by atoms with E-state index in [1.54, 1.807) is 18.2 Å². The second kappa shape index (κ2) is 13.0. The average molecular weight is 513 g/mol. The highest BCUT2D eigenvalue weighted by molar-refractivity contribution is 14.0. The Kier molecular flexibility index (Phi) is 11.0. The van der Waals surface area contributed by atoms with Gasteiger partial charge >= 0.3 is 6.03 Å². The van der Waals surface area contributed by atoms with E-state index in [9.17, 15) is 9.18 Å². The Morgan fingerprint density at radius 2 is 1.76 bits per heavy atom. The Bertz CT molecular complexity index is 796. The number of rotatable bonds is 7. The van der Waals surface area contributed by atoms with E-state index in [2.05, 4.69) is 26.3 Å². The quantitative estimate of drug-likeness (QED) is 0.254. The molecule has 2 amide bonds. The van der Waals surface area contributed by atoms with Crippen molar-refractivity contribution in [3.63, 3.8) is 0 Å². The molecule has 0 bridgehead atoms. The van der Waals surface area contributed by atoms with Gasteiger partial charge in [-0.15, -0.1) is 24.0 Å². The van der Waals surface area contributed by atoms with Crippen LogP contribution >= 0.6 is 24.0 Å². The highest BCUT2D eigenvalue weighted by Crippen LogP contribution is 2.10. The third-order valence-electron chi connectivity index (χ3n) is 3.80. The van der Waals surface area contributed by atoms with E-state index in [1.807, 2.05) is 45.0 Å². The molecule has 0 saturated heterocycles. The van der Waals surface area contributed by atoms with E-state index >= 15 is 0 Å². The summed E-state index contributed by atoms with van der Waals surface area (Å²) >= 11 is 0. The normalized spacial score (nSPS) is 10.9. The molecular formula is C21H29FIN5O. The van der Waals surface area contributed by atoms with E-state index in [0.29, 0.717) is 31.2 Å². The lowest BCUT2D eigenvalue weighted by molar-refractivity contribution is 0.250. The maximum atomic E-state index is 13.7. The van der Waals surface area contributed by atoms with Crippen molar-refractivity contribution in [2.24, 2.45) is 4.99 Å². The summed E-state index contributed by atoms with van der Waals surface area (Å²) in [4.78, 5) is 16.3. The molecule has 0 spiro atoms. The molecule has 6 nitrogen and oxygen atoms in total. The minimum Gasteiger partial charge on any atom is -0.357 e. The molecule has 4 N–H and O–H groups in total. The van der Waals surface area contributed by atoms with Crippen molar-refractivity contribution >= 4 is 41.7 Å². The number of benzene rings is 2. The molecule has 2 rings (SSSR count). The first-order chi connectivity index (χ1) is 13.5. The molecule has 0 aromatic heterocycles. The van der Waals surface area contributed by atoms with E-state index < -0.39 is 0 Å². The van der Waals surface area contributed by atoms with Crippen LogP contribution in [0.3, 0.4) is 0 Å². The zero-order chi connectivity index (χ0) is 20.4.